The van der Waals surface area contributed by atoms with Gasteiger partial charge in [0.2, 0.25) is 10.0 Å². The van der Waals surface area contributed by atoms with Crippen LogP contribution in [-0.2, 0) is 16.2 Å². The Morgan fingerprint density at radius 3 is 2.45 bits per heavy atom. The second-order valence-electron chi connectivity index (χ2n) is 7.39. The maximum Gasteiger partial charge on any atom is 0.416 e. The van der Waals surface area contributed by atoms with E-state index in [2.05, 4.69) is 10.4 Å². The van der Waals surface area contributed by atoms with Crippen LogP contribution in [0.2, 0.25) is 5.02 Å². The Bertz CT molecular complexity index is 1290. The van der Waals surface area contributed by atoms with Crippen LogP contribution in [0.5, 0.6) is 0 Å². The van der Waals surface area contributed by atoms with E-state index < -0.39 is 27.7 Å². The number of nitrogens with one attached hydrogen (secondary N) is 1. The Labute approximate surface area is 192 Å². The summed E-state index contributed by atoms with van der Waals surface area (Å²) in [5.41, 5.74) is -0.958. The number of carbonyl (C=O) groups excluding carboxylic acids is 1. The van der Waals surface area contributed by atoms with E-state index in [1.165, 1.54) is 39.6 Å². The van der Waals surface area contributed by atoms with Crippen LogP contribution in [0.25, 0.3) is 5.69 Å². The number of rotatable bonds is 5. The average molecular weight is 499 g/mol. The molecule has 174 valence electrons. The normalized spacial score (nSPS) is 15.0. The molecule has 1 fully saturated rings. The van der Waals surface area contributed by atoms with E-state index in [9.17, 15) is 26.4 Å². The maximum atomic E-state index is 13.3. The van der Waals surface area contributed by atoms with Crippen molar-refractivity contribution < 1.29 is 26.4 Å². The van der Waals surface area contributed by atoms with E-state index in [1.807, 2.05) is 0 Å². The fraction of sp³-hybridized carbons (Fsp3) is 0.238. The number of anilines is 1. The first-order chi connectivity index (χ1) is 15.6. The molecular weight excluding hydrogens is 481 g/mol. The highest BCUT2D eigenvalue weighted by Crippen LogP contribution is 2.34. The SMILES string of the molecule is O=C(Nc1cc(C(F)(F)F)ccc1-n1cccn1)c1ccc(Cl)c(S(=O)(=O)N2CCCC2)c1. The molecule has 1 aliphatic rings. The summed E-state index contributed by atoms with van der Waals surface area (Å²) in [6, 6.07) is 8.17. The largest absolute Gasteiger partial charge is 0.416 e. The molecular formula is C21H18ClF3N4O3S. The molecule has 1 aromatic heterocycles. The number of carbonyl (C=O) groups is 1. The molecule has 0 radical (unpaired) electrons. The lowest BCUT2D eigenvalue weighted by Crippen LogP contribution is -2.28. The molecule has 0 saturated carbocycles. The summed E-state index contributed by atoms with van der Waals surface area (Å²) < 4.78 is 68.2. The minimum atomic E-state index is -4.63. The third-order valence-corrected chi connectivity index (χ3v) is 7.58. The van der Waals surface area contributed by atoms with Gasteiger partial charge in [-0.25, -0.2) is 13.1 Å². The van der Waals surface area contributed by atoms with E-state index in [0.29, 0.717) is 13.1 Å². The number of hydrogen-bond donors (Lipinski definition) is 1. The van der Waals surface area contributed by atoms with Crippen molar-refractivity contribution in [3.63, 3.8) is 0 Å². The summed E-state index contributed by atoms with van der Waals surface area (Å²) in [5, 5.41) is 6.40. The van der Waals surface area contributed by atoms with Crippen LogP contribution in [0.4, 0.5) is 18.9 Å². The first-order valence-electron chi connectivity index (χ1n) is 9.90. The van der Waals surface area contributed by atoms with Crippen LogP contribution < -0.4 is 5.32 Å². The van der Waals surface area contributed by atoms with Gasteiger partial charge in [-0.05, 0) is 55.3 Å². The topological polar surface area (TPSA) is 84.3 Å². The number of benzene rings is 2. The van der Waals surface area contributed by atoms with Crippen molar-refractivity contribution in [2.24, 2.45) is 0 Å². The number of aromatic nitrogens is 2. The van der Waals surface area contributed by atoms with E-state index in [-0.39, 0.29) is 26.9 Å². The summed E-state index contributed by atoms with van der Waals surface area (Å²) in [5.74, 6) is -0.794. The van der Waals surface area contributed by atoms with E-state index in [4.69, 9.17) is 11.6 Å². The molecule has 0 bridgehead atoms. The first kappa shape index (κ1) is 23.3. The minimum Gasteiger partial charge on any atom is -0.320 e. The maximum absolute atomic E-state index is 13.3. The molecule has 1 saturated heterocycles. The molecule has 2 aromatic carbocycles. The molecule has 0 unspecified atom stereocenters. The van der Waals surface area contributed by atoms with Gasteiger partial charge in [0.1, 0.15) is 4.90 Å². The first-order valence-corrected chi connectivity index (χ1v) is 11.7. The fourth-order valence-electron chi connectivity index (χ4n) is 3.53. The van der Waals surface area contributed by atoms with Gasteiger partial charge in [0.15, 0.2) is 0 Å². The smallest absolute Gasteiger partial charge is 0.320 e. The molecule has 0 aliphatic carbocycles. The molecule has 1 amide bonds. The number of halogens is 4. The van der Waals surface area contributed by atoms with E-state index in [1.54, 1.807) is 6.07 Å². The number of hydrogen-bond acceptors (Lipinski definition) is 4. The van der Waals surface area contributed by atoms with Gasteiger partial charge in [0.05, 0.1) is 22.0 Å². The van der Waals surface area contributed by atoms with Crippen LogP contribution in [0.1, 0.15) is 28.8 Å². The predicted molar refractivity (Wildman–Crippen MR) is 116 cm³/mol. The average Bonchev–Trinajstić information content (AvgIpc) is 3.48. The van der Waals surface area contributed by atoms with E-state index >= 15 is 0 Å². The molecule has 0 atom stereocenters. The van der Waals surface area contributed by atoms with Crippen LogP contribution in [0.3, 0.4) is 0 Å². The summed E-state index contributed by atoms with van der Waals surface area (Å²) in [6.07, 6.45) is -0.218. The van der Waals surface area contributed by atoms with Crippen molar-refractivity contribution in [3.05, 3.63) is 71.0 Å². The Balaban J connectivity index is 1.70. The lowest BCUT2D eigenvalue weighted by atomic mass is 10.1. The number of sulfonamides is 1. The standard InChI is InChI=1S/C21H18ClF3N4O3S/c22-16-6-4-14(12-19(16)33(31,32)28-9-1-2-10-28)20(30)27-17-13-15(21(23,24)25)5-7-18(17)29-11-3-8-26-29/h3-8,11-13H,1-2,9-10H2,(H,27,30). The molecule has 3 aromatic rings. The molecule has 33 heavy (non-hydrogen) atoms. The van der Waals surface area contributed by atoms with Crippen LogP contribution >= 0.6 is 11.6 Å². The van der Waals surface area contributed by atoms with Gasteiger partial charge in [0.25, 0.3) is 5.91 Å². The van der Waals surface area contributed by atoms with Gasteiger partial charge >= 0.3 is 6.18 Å². The monoisotopic (exact) mass is 498 g/mol. The lowest BCUT2D eigenvalue weighted by molar-refractivity contribution is -0.137. The van der Waals surface area contributed by atoms with Crippen LogP contribution in [-0.4, -0.2) is 41.5 Å². The van der Waals surface area contributed by atoms with E-state index in [0.717, 1.165) is 31.0 Å². The molecule has 0 spiro atoms. The van der Waals surface area contributed by atoms with Crippen LogP contribution in [0, 0.1) is 0 Å². The summed E-state index contributed by atoms with van der Waals surface area (Å²) in [7, 11) is -3.91. The number of amides is 1. The summed E-state index contributed by atoms with van der Waals surface area (Å²) in [4.78, 5) is 12.7. The van der Waals surface area contributed by atoms with Gasteiger partial charge in [-0.15, -0.1) is 0 Å². The number of alkyl halides is 3. The second kappa shape index (κ2) is 8.81. The predicted octanol–water partition coefficient (Wildman–Crippen LogP) is 4.58. The van der Waals surface area contributed by atoms with Gasteiger partial charge in [-0.3, -0.25) is 4.79 Å². The second-order valence-corrected chi connectivity index (χ2v) is 9.70. The lowest BCUT2D eigenvalue weighted by Gasteiger charge is -2.18. The quantitative estimate of drug-likeness (QED) is 0.558. The molecule has 1 N–H and O–H groups in total. The fourth-order valence-corrected chi connectivity index (χ4v) is 5.55. The Morgan fingerprint density at radius 2 is 1.82 bits per heavy atom. The zero-order valence-corrected chi connectivity index (χ0v) is 18.6. The van der Waals surface area contributed by atoms with Crippen molar-refractivity contribution in [2.45, 2.75) is 23.9 Å². The van der Waals surface area contributed by atoms with Crippen molar-refractivity contribution >= 4 is 33.2 Å². The highest BCUT2D eigenvalue weighted by molar-refractivity contribution is 7.89. The van der Waals surface area contributed by atoms with Gasteiger partial charge in [-0.1, -0.05) is 11.6 Å². The molecule has 1 aliphatic heterocycles. The van der Waals surface area contributed by atoms with Crippen molar-refractivity contribution in [3.8, 4) is 5.69 Å². The molecule has 2 heterocycles. The Kier molecular flexibility index (Phi) is 6.21. The van der Waals surface area contributed by atoms with Crippen molar-refractivity contribution in [1.29, 1.82) is 0 Å². The van der Waals surface area contributed by atoms with Gasteiger partial charge < -0.3 is 5.32 Å². The zero-order valence-electron chi connectivity index (χ0n) is 17.0. The summed E-state index contributed by atoms with van der Waals surface area (Å²) in [6.45, 7) is 0.707. The third-order valence-electron chi connectivity index (χ3n) is 5.20. The molecule has 4 rings (SSSR count). The summed E-state index contributed by atoms with van der Waals surface area (Å²) >= 11 is 6.11. The zero-order chi connectivity index (χ0) is 23.8. The Hall–Kier alpha value is -2.89. The highest BCUT2D eigenvalue weighted by Gasteiger charge is 2.32. The van der Waals surface area contributed by atoms with Crippen molar-refractivity contribution in [2.75, 3.05) is 18.4 Å². The minimum absolute atomic E-state index is 0.0465. The van der Waals surface area contributed by atoms with Gasteiger partial charge in [-0.2, -0.15) is 22.6 Å². The number of nitrogens with zero attached hydrogens (tertiary/aromatic N) is 3. The molecule has 7 nitrogen and oxygen atoms in total. The Morgan fingerprint density at radius 1 is 1.09 bits per heavy atom. The van der Waals surface area contributed by atoms with Crippen LogP contribution in [0.15, 0.2) is 59.8 Å². The van der Waals surface area contributed by atoms with Gasteiger partial charge in [0, 0.05) is 31.0 Å². The van der Waals surface area contributed by atoms with Crippen molar-refractivity contribution in [1.82, 2.24) is 14.1 Å². The highest BCUT2D eigenvalue weighted by atomic mass is 35.5. The third kappa shape index (κ3) is 4.75. The molecule has 12 heteroatoms.